The van der Waals surface area contributed by atoms with Gasteiger partial charge in [0.05, 0.1) is 49.3 Å². The Bertz CT molecular complexity index is 3680. The molecule has 7 aromatic heterocycles. The molecule has 9 rings (SSSR count). The molecule has 432 valence electrons. The van der Waals surface area contributed by atoms with E-state index in [0.29, 0.717) is 92.4 Å². The van der Waals surface area contributed by atoms with Crippen LogP contribution >= 0.6 is 68.0 Å². The number of aliphatic hydroxyl groups is 1. The van der Waals surface area contributed by atoms with Gasteiger partial charge in [-0.1, -0.05) is 44.2 Å². The van der Waals surface area contributed by atoms with Crippen LogP contribution < -0.4 is 31.9 Å². The van der Waals surface area contributed by atoms with E-state index < -0.39 is 60.3 Å². The molecule has 1 aromatic carbocycles. The molecule has 0 spiro atoms. The zero-order valence-corrected chi connectivity index (χ0v) is 50.3. The fourth-order valence-electron chi connectivity index (χ4n) is 8.50. The summed E-state index contributed by atoms with van der Waals surface area (Å²) in [6.07, 6.45) is -0.142. The number of nitrogens with one attached hydrogen (secondary N) is 6. The molecule has 83 heavy (non-hydrogen) atoms. The van der Waals surface area contributed by atoms with Crippen molar-refractivity contribution < 1.29 is 48.1 Å². The molecule has 8 heterocycles. The van der Waals surface area contributed by atoms with E-state index in [1.807, 2.05) is 13.8 Å². The molecule has 23 nitrogen and oxygen atoms in total. The van der Waals surface area contributed by atoms with Crippen molar-refractivity contribution in [2.24, 2.45) is 5.92 Å². The standard InChI is InChI=1S/C54H55N13O10S6/c1-25(2)40-54-67-43(34(83-54)20-76-5)47(74)56-19-38(70)64-44(45(72)27-12-8-7-9-13-27)53-61-33(23-80-53)51-59-31(21-79-51)42-28(16-17-29(57-42)50-63-35(24-81-50)62-36(68)14-10-11-15-39(71)77-6)49-60-32(22-78-49)46(73)58-30(18-37(69)55-4)52-66-41(26(3)82-52)48(75)65-40/h7-9,12-13,16-17,21-25,30,40,44-45,72H,10-11,14-15,18-20H2,1-6H3,(H,55,69)(H,56,74)(H,58,73)(H,62,68)(H,64,70)(H,65,75)/t30-,40-,44-,45-/m0/s1. The number of unbranched alkanes of at least 4 members (excludes halogenated alkanes) is 1. The highest BCUT2D eigenvalue weighted by Gasteiger charge is 2.33. The van der Waals surface area contributed by atoms with Gasteiger partial charge < -0.3 is 46.5 Å². The lowest BCUT2D eigenvalue weighted by Gasteiger charge is -2.23. The minimum absolute atomic E-state index is 0.00165. The van der Waals surface area contributed by atoms with E-state index in [4.69, 9.17) is 29.4 Å². The van der Waals surface area contributed by atoms with Crippen LogP contribution in [0.25, 0.3) is 43.4 Å². The number of carbonyl (C=O) groups excluding carboxylic acids is 7. The number of anilines is 1. The fraction of sp³-hybridized carbons (Fsp3) is 0.333. The Morgan fingerprint density at radius 1 is 0.675 bits per heavy atom. The average molecular weight is 1240 g/mol. The van der Waals surface area contributed by atoms with Gasteiger partial charge in [-0.05, 0) is 43.4 Å². The van der Waals surface area contributed by atoms with E-state index in [2.05, 4.69) is 46.9 Å². The molecule has 7 N–H and O–H groups in total. The van der Waals surface area contributed by atoms with Crippen LogP contribution in [0.2, 0.25) is 0 Å². The molecule has 0 fully saturated rings. The molecule has 0 unspecified atom stereocenters. The lowest BCUT2D eigenvalue weighted by atomic mass is 10.0. The highest BCUT2D eigenvalue weighted by atomic mass is 32.1. The van der Waals surface area contributed by atoms with Gasteiger partial charge >= 0.3 is 5.97 Å². The summed E-state index contributed by atoms with van der Waals surface area (Å²) in [5.74, 6) is -3.42. The lowest BCUT2D eigenvalue weighted by Crippen LogP contribution is -2.40. The van der Waals surface area contributed by atoms with Crippen LogP contribution in [0.15, 0.2) is 64.0 Å². The minimum Gasteiger partial charge on any atom is -0.469 e. The van der Waals surface area contributed by atoms with Crippen molar-refractivity contribution in [3.63, 3.8) is 0 Å². The Hall–Kier alpha value is -7.64. The van der Waals surface area contributed by atoms with E-state index in [0.717, 1.165) is 11.3 Å². The van der Waals surface area contributed by atoms with Crippen molar-refractivity contribution >= 4 is 115 Å². The second-order valence-corrected chi connectivity index (χ2v) is 24.8. The second kappa shape index (κ2) is 27.2. The first-order valence-corrected chi connectivity index (χ1v) is 31.0. The maximum atomic E-state index is 14.3. The van der Waals surface area contributed by atoms with Crippen molar-refractivity contribution in [3.05, 3.63) is 111 Å². The predicted octanol–water partition coefficient (Wildman–Crippen LogP) is 7.98. The Morgan fingerprint density at radius 3 is 2.14 bits per heavy atom. The largest absolute Gasteiger partial charge is 0.469 e. The van der Waals surface area contributed by atoms with Crippen molar-refractivity contribution in [1.82, 2.24) is 61.5 Å². The van der Waals surface area contributed by atoms with Crippen LogP contribution in [0.3, 0.4) is 0 Å². The molecular formula is C54H55N13O10S6. The summed E-state index contributed by atoms with van der Waals surface area (Å²) < 4.78 is 10.1. The molecular weight excluding hydrogens is 1180 g/mol. The summed E-state index contributed by atoms with van der Waals surface area (Å²) in [6.45, 7) is 4.96. The number of aryl methyl sites for hydroxylation is 1. The highest BCUT2D eigenvalue weighted by Crippen LogP contribution is 2.40. The van der Waals surface area contributed by atoms with Gasteiger partial charge in [-0.15, -0.1) is 68.0 Å². The number of pyridine rings is 1. The number of hydrogen-bond acceptors (Lipinski definition) is 23. The number of carbonyl (C=O) groups is 7. The van der Waals surface area contributed by atoms with Crippen molar-refractivity contribution in [2.45, 2.75) is 83.7 Å². The van der Waals surface area contributed by atoms with Gasteiger partial charge in [0.25, 0.3) is 17.7 Å². The first-order valence-electron chi connectivity index (χ1n) is 25.8. The summed E-state index contributed by atoms with van der Waals surface area (Å²) in [5.41, 5.74) is 2.75. The average Bonchev–Trinajstić information content (AvgIpc) is 4.32. The fourth-order valence-corrected chi connectivity index (χ4v) is 14.0. The lowest BCUT2D eigenvalue weighted by molar-refractivity contribution is -0.140. The van der Waals surface area contributed by atoms with Gasteiger partial charge in [0.2, 0.25) is 17.7 Å². The van der Waals surface area contributed by atoms with Gasteiger partial charge in [0.1, 0.15) is 82.2 Å². The molecule has 0 saturated carbocycles. The van der Waals surface area contributed by atoms with Gasteiger partial charge in [-0.2, -0.15) is 0 Å². The summed E-state index contributed by atoms with van der Waals surface area (Å²) >= 11 is 7.20. The maximum Gasteiger partial charge on any atom is 0.305 e. The number of benzene rings is 1. The predicted molar refractivity (Wildman–Crippen MR) is 316 cm³/mol. The van der Waals surface area contributed by atoms with E-state index in [9.17, 15) is 38.7 Å². The van der Waals surface area contributed by atoms with Gasteiger partial charge in [0, 0.05) is 59.0 Å². The van der Waals surface area contributed by atoms with E-state index >= 15 is 0 Å². The SMILES string of the molecule is CNC(=O)C[C@@H]1NC(=O)c2csc(n2)-c2ccc(-c3nc(NC(=O)CCCCC(=O)OC)cs3)nc2-c2csc(n2)-c2csc(n2)[C@H]([C@@H](O)c2ccccc2)NC(=O)CNC(=O)c2nc(sc2COC)[C@H](C(C)C)NC(=O)c2nc1sc2C. The van der Waals surface area contributed by atoms with Gasteiger partial charge in [-0.3, -0.25) is 33.6 Å². The molecule has 29 heteroatoms. The smallest absolute Gasteiger partial charge is 0.305 e. The molecule has 10 bridgehead atoms. The first-order chi connectivity index (χ1) is 40.0. The van der Waals surface area contributed by atoms with E-state index in [1.165, 1.54) is 78.0 Å². The van der Waals surface area contributed by atoms with Crippen LogP contribution in [0, 0.1) is 12.8 Å². The third-order valence-corrected chi connectivity index (χ3v) is 18.5. The quantitative estimate of drug-likeness (QED) is 0.0401. The summed E-state index contributed by atoms with van der Waals surface area (Å²) in [5, 5.41) is 38.0. The van der Waals surface area contributed by atoms with Crippen molar-refractivity contribution in [3.8, 4) is 43.4 Å². The zero-order chi connectivity index (χ0) is 58.9. The number of methoxy groups -OCH3 is 2. The molecule has 6 amide bonds. The Balaban J connectivity index is 1.10. The summed E-state index contributed by atoms with van der Waals surface area (Å²) in [4.78, 5) is 129. The number of rotatable bonds is 14. The third kappa shape index (κ3) is 14.4. The second-order valence-electron chi connectivity index (χ2n) is 19.0. The molecule has 4 atom stereocenters. The first kappa shape index (κ1) is 60.0. The van der Waals surface area contributed by atoms with Gasteiger partial charge in [-0.25, -0.2) is 34.9 Å². The highest BCUT2D eigenvalue weighted by molar-refractivity contribution is 7.15. The number of hydrogen-bond donors (Lipinski definition) is 7. The summed E-state index contributed by atoms with van der Waals surface area (Å²) in [6, 6.07) is 9.51. The molecule has 8 aromatic rings. The number of fused-ring (bicyclic) bond motifs is 14. The Morgan fingerprint density at radius 2 is 1.39 bits per heavy atom. The molecule has 1 aliphatic heterocycles. The maximum absolute atomic E-state index is 14.3. The monoisotopic (exact) mass is 1240 g/mol. The van der Waals surface area contributed by atoms with Crippen LogP contribution in [-0.2, 0) is 35.3 Å². The van der Waals surface area contributed by atoms with E-state index in [-0.39, 0.29) is 60.7 Å². The third-order valence-electron chi connectivity index (χ3n) is 12.8. The number of aromatic nitrogens is 7. The van der Waals surface area contributed by atoms with Gasteiger partial charge in [0.15, 0.2) is 0 Å². The van der Waals surface area contributed by atoms with Crippen LogP contribution in [0.1, 0.15) is 132 Å². The minimum atomic E-state index is -1.28. The number of esters is 1. The topological polar surface area (TPSA) is 321 Å². The Kier molecular flexibility index (Phi) is 19.6. The number of thiazole rings is 6. The molecule has 0 saturated heterocycles. The molecule has 0 radical (unpaired) electrons. The zero-order valence-electron chi connectivity index (χ0n) is 45.4. The van der Waals surface area contributed by atoms with E-state index in [1.54, 1.807) is 70.9 Å². The number of amides is 6. The van der Waals surface area contributed by atoms with Crippen LogP contribution in [0.5, 0.6) is 0 Å². The van der Waals surface area contributed by atoms with Crippen molar-refractivity contribution in [2.75, 3.05) is 33.1 Å². The number of nitrogens with zero attached hydrogens (tertiary/aromatic N) is 7. The number of aliphatic hydroxyl groups excluding tert-OH is 1. The number of ether oxygens (including phenoxy) is 2. The normalized spacial score (nSPS) is 16.3. The Labute approximate surface area is 499 Å². The van der Waals surface area contributed by atoms with Crippen molar-refractivity contribution in [1.29, 1.82) is 0 Å². The molecule has 0 aliphatic carbocycles. The van der Waals surface area contributed by atoms with Crippen LogP contribution in [0.4, 0.5) is 5.82 Å². The van der Waals surface area contributed by atoms with Crippen LogP contribution in [-0.4, -0.2) is 109 Å². The molecule has 1 aliphatic rings. The summed E-state index contributed by atoms with van der Waals surface area (Å²) in [7, 11) is 4.26.